The summed E-state index contributed by atoms with van der Waals surface area (Å²) in [5, 5.41) is 14.2. The second-order valence-corrected chi connectivity index (χ2v) is 5.89. The Morgan fingerprint density at radius 2 is 2.39 bits per heavy atom. The third-order valence-corrected chi connectivity index (χ3v) is 4.49. The van der Waals surface area contributed by atoms with Crippen LogP contribution in [0.15, 0.2) is 18.2 Å². The molecular formula is C13H18N2O2S. The highest BCUT2D eigenvalue weighted by Gasteiger charge is 2.15. The summed E-state index contributed by atoms with van der Waals surface area (Å²) in [5.74, 6) is 3.26. The van der Waals surface area contributed by atoms with Gasteiger partial charge < -0.3 is 5.32 Å². The van der Waals surface area contributed by atoms with E-state index in [1.807, 2.05) is 23.9 Å². The van der Waals surface area contributed by atoms with Gasteiger partial charge in [0.15, 0.2) is 0 Å². The zero-order chi connectivity index (χ0) is 13.0. The van der Waals surface area contributed by atoms with Crippen LogP contribution in [-0.4, -0.2) is 23.0 Å². The third kappa shape index (κ3) is 3.46. The average molecular weight is 266 g/mol. The molecule has 1 N–H and O–H groups in total. The van der Waals surface area contributed by atoms with Crippen LogP contribution in [0, 0.1) is 23.0 Å². The van der Waals surface area contributed by atoms with Crippen LogP contribution in [0.1, 0.15) is 17.5 Å². The molecule has 1 aliphatic heterocycles. The van der Waals surface area contributed by atoms with Gasteiger partial charge >= 0.3 is 0 Å². The van der Waals surface area contributed by atoms with Gasteiger partial charge in [-0.15, -0.1) is 0 Å². The van der Waals surface area contributed by atoms with E-state index in [9.17, 15) is 10.1 Å². The monoisotopic (exact) mass is 266 g/mol. The number of aryl methyl sites for hydroxylation is 1. The molecule has 5 heteroatoms. The molecule has 4 nitrogen and oxygen atoms in total. The Balaban J connectivity index is 1.88. The molecule has 0 aromatic heterocycles. The Morgan fingerprint density at radius 1 is 1.56 bits per heavy atom. The van der Waals surface area contributed by atoms with E-state index in [0.29, 0.717) is 6.54 Å². The number of hydrogen-bond donors (Lipinski definition) is 1. The highest BCUT2D eigenvalue weighted by atomic mass is 32.2. The van der Waals surface area contributed by atoms with Crippen LogP contribution in [0.4, 0.5) is 5.69 Å². The Bertz CT molecular complexity index is 431. The predicted molar refractivity (Wildman–Crippen MR) is 75.0 cm³/mol. The van der Waals surface area contributed by atoms with E-state index in [1.165, 1.54) is 17.9 Å². The Morgan fingerprint density at radius 3 is 3.06 bits per heavy atom. The molecule has 1 atom stereocenters. The molecule has 1 fully saturated rings. The fraction of sp³-hybridized carbons (Fsp3) is 0.538. The van der Waals surface area contributed by atoms with Gasteiger partial charge in [-0.3, -0.25) is 10.1 Å². The number of nitrogens with one attached hydrogen (secondary N) is 1. The lowest BCUT2D eigenvalue weighted by Gasteiger charge is -2.10. The first-order chi connectivity index (χ1) is 8.66. The molecular weight excluding hydrogens is 248 g/mol. The highest BCUT2D eigenvalue weighted by molar-refractivity contribution is 7.99. The van der Waals surface area contributed by atoms with Gasteiger partial charge in [0.05, 0.1) is 4.92 Å². The molecule has 1 heterocycles. The number of thioether (sulfide) groups is 1. The van der Waals surface area contributed by atoms with Crippen molar-refractivity contribution in [3.63, 3.8) is 0 Å². The molecule has 2 rings (SSSR count). The van der Waals surface area contributed by atoms with Gasteiger partial charge in [0.25, 0.3) is 5.69 Å². The standard InChI is InChI=1S/C13H18N2O2S/c1-10-2-3-11(6-13(10)15(16)17)7-14-8-12-4-5-18-9-12/h2-3,6,12,14H,4-5,7-9H2,1H3. The van der Waals surface area contributed by atoms with Crippen molar-refractivity contribution in [1.29, 1.82) is 0 Å². The van der Waals surface area contributed by atoms with Crippen LogP contribution in [0.25, 0.3) is 0 Å². The lowest BCUT2D eigenvalue weighted by molar-refractivity contribution is -0.385. The highest BCUT2D eigenvalue weighted by Crippen LogP contribution is 2.23. The molecule has 1 aromatic rings. The van der Waals surface area contributed by atoms with E-state index in [0.717, 1.165) is 23.6 Å². The van der Waals surface area contributed by atoms with E-state index in [4.69, 9.17) is 0 Å². The van der Waals surface area contributed by atoms with Crippen LogP contribution < -0.4 is 5.32 Å². The molecule has 1 saturated heterocycles. The summed E-state index contributed by atoms with van der Waals surface area (Å²) in [6.45, 7) is 3.49. The van der Waals surface area contributed by atoms with E-state index in [1.54, 1.807) is 13.0 Å². The van der Waals surface area contributed by atoms with Gasteiger partial charge in [0.2, 0.25) is 0 Å². The molecule has 1 aliphatic rings. The summed E-state index contributed by atoms with van der Waals surface area (Å²) in [4.78, 5) is 10.5. The van der Waals surface area contributed by atoms with Gasteiger partial charge in [-0.1, -0.05) is 12.1 Å². The van der Waals surface area contributed by atoms with Crippen LogP contribution in [0.5, 0.6) is 0 Å². The predicted octanol–water partition coefficient (Wildman–Crippen LogP) is 2.75. The van der Waals surface area contributed by atoms with Gasteiger partial charge in [-0.25, -0.2) is 0 Å². The first-order valence-electron chi connectivity index (χ1n) is 6.19. The SMILES string of the molecule is Cc1ccc(CNCC2CCSC2)cc1[N+](=O)[O-]. The number of nitro groups is 1. The molecule has 0 spiro atoms. The van der Waals surface area contributed by atoms with Crippen LogP contribution in [0.2, 0.25) is 0 Å². The lowest BCUT2D eigenvalue weighted by atomic mass is 10.1. The van der Waals surface area contributed by atoms with E-state index in [2.05, 4.69) is 5.32 Å². The summed E-state index contributed by atoms with van der Waals surface area (Å²) >= 11 is 2.01. The molecule has 1 unspecified atom stereocenters. The van der Waals surface area contributed by atoms with Crippen molar-refractivity contribution in [2.24, 2.45) is 5.92 Å². The zero-order valence-electron chi connectivity index (χ0n) is 10.5. The maximum absolute atomic E-state index is 10.8. The van der Waals surface area contributed by atoms with E-state index in [-0.39, 0.29) is 10.6 Å². The van der Waals surface area contributed by atoms with Gasteiger partial charge in [-0.05, 0) is 42.9 Å². The molecule has 0 bridgehead atoms. The minimum Gasteiger partial charge on any atom is -0.312 e. The minimum absolute atomic E-state index is 0.214. The molecule has 1 aromatic carbocycles. The quantitative estimate of drug-likeness (QED) is 0.657. The van der Waals surface area contributed by atoms with Crippen molar-refractivity contribution >= 4 is 17.4 Å². The fourth-order valence-electron chi connectivity index (χ4n) is 2.13. The van der Waals surface area contributed by atoms with Crippen LogP contribution >= 0.6 is 11.8 Å². The largest absolute Gasteiger partial charge is 0.312 e. The number of nitrogens with zero attached hydrogens (tertiary/aromatic N) is 1. The summed E-state index contributed by atoms with van der Waals surface area (Å²) in [5.41, 5.74) is 1.92. The number of nitro benzene ring substituents is 1. The summed E-state index contributed by atoms with van der Waals surface area (Å²) in [6.07, 6.45) is 1.28. The molecule has 0 radical (unpaired) electrons. The third-order valence-electron chi connectivity index (χ3n) is 3.26. The maximum Gasteiger partial charge on any atom is 0.272 e. The topological polar surface area (TPSA) is 55.2 Å². The minimum atomic E-state index is -0.313. The van der Waals surface area contributed by atoms with E-state index >= 15 is 0 Å². The molecule has 98 valence electrons. The Labute approximate surface area is 111 Å². The lowest BCUT2D eigenvalue weighted by Crippen LogP contribution is -2.22. The second kappa shape index (κ2) is 6.20. The number of rotatable bonds is 5. The first kappa shape index (κ1) is 13.4. The van der Waals surface area contributed by atoms with Crippen molar-refractivity contribution in [2.45, 2.75) is 19.9 Å². The van der Waals surface area contributed by atoms with Gasteiger partial charge in [0, 0.05) is 18.2 Å². The molecule has 0 saturated carbocycles. The fourth-order valence-corrected chi connectivity index (χ4v) is 3.41. The second-order valence-electron chi connectivity index (χ2n) is 4.74. The van der Waals surface area contributed by atoms with Crippen LogP contribution in [-0.2, 0) is 6.54 Å². The normalized spacial score (nSPS) is 19.1. The smallest absolute Gasteiger partial charge is 0.272 e. The summed E-state index contributed by atoms with van der Waals surface area (Å²) in [7, 11) is 0. The molecule has 0 amide bonds. The maximum atomic E-state index is 10.8. The molecule has 0 aliphatic carbocycles. The molecule has 18 heavy (non-hydrogen) atoms. The number of benzene rings is 1. The van der Waals surface area contributed by atoms with E-state index < -0.39 is 0 Å². The van der Waals surface area contributed by atoms with Gasteiger partial charge in [0.1, 0.15) is 0 Å². The summed E-state index contributed by atoms with van der Waals surface area (Å²) in [6, 6.07) is 5.45. The summed E-state index contributed by atoms with van der Waals surface area (Å²) < 4.78 is 0. The van der Waals surface area contributed by atoms with Crippen molar-refractivity contribution in [2.75, 3.05) is 18.1 Å². The zero-order valence-corrected chi connectivity index (χ0v) is 11.3. The van der Waals surface area contributed by atoms with Crippen molar-refractivity contribution in [3.8, 4) is 0 Å². The van der Waals surface area contributed by atoms with Crippen molar-refractivity contribution in [3.05, 3.63) is 39.4 Å². The Hall–Kier alpha value is -1.07. The van der Waals surface area contributed by atoms with Crippen molar-refractivity contribution < 1.29 is 4.92 Å². The van der Waals surface area contributed by atoms with Crippen LogP contribution in [0.3, 0.4) is 0 Å². The first-order valence-corrected chi connectivity index (χ1v) is 7.34. The van der Waals surface area contributed by atoms with Crippen molar-refractivity contribution in [1.82, 2.24) is 5.32 Å². The average Bonchev–Trinajstić information content (AvgIpc) is 2.84. The van der Waals surface area contributed by atoms with Gasteiger partial charge in [-0.2, -0.15) is 11.8 Å². The Kier molecular flexibility index (Phi) is 4.60. The number of hydrogen-bond acceptors (Lipinski definition) is 4.